The van der Waals surface area contributed by atoms with Crippen molar-refractivity contribution in [1.29, 1.82) is 0 Å². The molecule has 3 saturated carbocycles. The minimum atomic E-state index is -0.291. The molecule has 3 aliphatic rings. The maximum absolute atomic E-state index is 11.9. The van der Waals surface area contributed by atoms with Gasteiger partial charge in [-0.3, -0.25) is 4.79 Å². The van der Waals surface area contributed by atoms with E-state index in [4.69, 9.17) is 0 Å². The number of carbonyl (C=O) groups is 1. The fraction of sp³-hybridized carbons (Fsp3) is 0.952. The van der Waals surface area contributed by atoms with Crippen molar-refractivity contribution in [1.82, 2.24) is 0 Å². The zero-order valence-electron chi connectivity index (χ0n) is 15.7. The topological polar surface area (TPSA) is 57.5 Å². The summed E-state index contributed by atoms with van der Waals surface area (Å²) in [5.41, 5.74) is 0.159. The van der Waals surface area contributed by atoms with Crippen LogP contribution in [0.4, 0.5) is 0 Å². The van der Waals surface area contributed by atoms with Crippen LogP contribution in [0, 0.1) is 35.0 Å². The molecule has 0 amide bonds. The van der Waals surface area contributed by atoms with Crippen molar-refractivity contribution in [2.45, 2.75) is 90.8 Å². The summed E-state index contributed by atoms with van der Waals surface area (Å²) >= 11 is 0. The third-order valence-electron chi connectivity index (χ3n) is 8.08. The molecule has 3 fully saturated rings. The lowest BCUT2D eigenvalue weighted by molar-refractivity contribution is -0.127. The Morgan fingerprint density at radius 2 is 1.71 bits per heavy atom. The molecule has 0 bridgehead atoms. The fourth-order valence-electron chi connectivity index (χ4n) is 6.49. The average Bonchev–Trinajstić information content (AvgIpc) is 2.58. The van der Waals surface area contributed by atoms with Gasteiger partial charge in [-0.25, -0.2) is 0 Å². The third kappa shape index (κ3) is 3.31. The van der Waals surface area contributed by atoms with E-state index in [-0.39, 0.29) is 23.5 Å². The molecule has 0 saturated heterocycles. The molecule has 0 spiro atoms. The van der Waals surface area contributed by atoms with E-state index in [9.17, 15) is 15.0 Å². The molecule has 3 rings (SSSR count). The van der Waals surface area contributed by atoms with Crippen LogP contribution < -0.4 is 0 Å². The lowest BCUT2D eigenvalue weighted by Crippen LogP contribution is -2.53. The fourth-order valence-corrected chi connectivity index (χ4v) is 6.49. The molecule has 0 aromatic rings. The Kier molecular flexibility index (Phi) is 5.42. The highest BCUT2D eigenvalue weighted by molar-refractivity contribution is 5.78. The van der Waals surface area contributed by atoms with Gasteiger partial charge in [-0.1, -0.05) is 13.8 Å². The molecule has 3 heteroatoms. The minimum absolute atomic E-state index is 0.138. The van der Waals surface area contributed by atoms with Gasteiger partial charge < -0.3 is 10.2 Å². The summed E-state index contributed by atoms with van der Waals surface area (Å²) in [6.45, 7) is 6.44. The molecule has 0 aromatic heterocycles. The highest BCUT2D eigenvalue weighted by Crippen LogP contribution is 2.58. The van der Waals surface area contributed by atoms with E-state index in [1.165, 1.54) is 12.8 Å². The Morgan fingerprint density at radius 1 is 1.00 bits per heavy atom. The Bertz CT molecular complexity index is 462. The second-order valence-electron chi connectivity index (χ2n) is 9.40. The second-order valence-corrected chi connectivity index (χ2v) is 9.40. The Morgan fingerprint density at radius 3 is 2.42 bits per heavy atom. The van der Waals surface area contributed by atoms with Crippen LogP contribution in [0.1, 0.15) is 78.6 Å². The van der Waals surface area contributed by atoms with Gasteiger partial charge in [0.25, 0.3) is 0 Å². The van der Waals surface area contributed by atoms with Crippen molar-refractivity contribution in [3.8, 4) is 0 Å². The van der Waals surface area contributed by atoms with Crippen molar-refractivity contribution in [3.05, 3.63) is 0 Å². The minimum Gasteiger partial charge on any atom is -0.393 e. The molecule has 0 aliphatic heterocycles. The van der Waals surface area contributed by atoms with E-state index in [1.807, 2.05) is 0 Å². The maximum atomic E-state index is 11.9. The smallest absolute Gasteiger partial charge is 0.132 e. The molecule has 1 unspecified atom stereocenters. The number of hydrogen-bond acceptors (Lipinski definition) is 3. The summed E-state index contributed by atoms with van der Waals surface area (Å²) < 4.78 is 0. The van der Waals surface area contributed by atoms with E-state index in [0.29, 0.717) is 29.5 Å². The predicted octanol–water partition coefficient (Wildman–Crippen LogP) is 3.96. The number of hydrogen-bond donors (Lipinski definition) is 2. The van der Waals surface area contributed by atoms with Gasteiger partial charge >= 0.3 is 0 Å². The van der Waals surface area contributed by atoms with Crippen LogP contribution in [-0.4, -0.2) is 28.2 Å². The van der Waals surface area contributed by atoms with Crippen LogP contribution in [0.5, 0.6) is 0 Å². The molecule has 3 aliphatic carbocycles. The largest absolute Gasteiger partial charge is 0.393 e. The van der Waals surface area contributed by atoms with E-state index < -0.39 is 0 Å². The number of aliphatic hydroxyl groups excluding tert-OH is 2. The summed E-state index contributed by atoms with van der Waals surface area (Å²) in [7, 11) is 0. The normalized spacial score (nSPS) is 50.0. The highest BCUT2D eigenvalue weighted by Gasteiger charge is 2.53. The first-order chi connectivity index (χ1) is 11.3. The molecule has 0 aromatic carbocycles. The van der Waals surface area contributed by atoms with Gasteiger partial charge in [0.2, 0.25) is 0 Å². The number of Topliss-reactive ketones (excluding diaryl/α,β-unsaturated/α-hetero) is 1. The van der Waals surface area contributed by atoms with Crippen LogP contribution in [0.25, 0.3) is 0 Å². The number of fused-ring (bicyclic) bond motifs is 3. The molecule has 3 nitrogen and oxygen atoms in total. The van der Waals surface area contributed by atoms with Crippen LogP contribution in [0.15, 0.2) is 0 Å². The number of rotatable bonds is 1. The molecule has 138 valence electrons. The summed E-state index contributed by atoms with van der Waals surface area (Å²) in [5.74, 6) is 2.47. The van der Waals surface area contributed by atoms with E-state index in [0.717, 1.165) is 44.9 Å². The van der Waals surface area contributed by atoms with Crippen LogP contribution in [0.2, 0.25) is 0 Å². The predicted molar refractivity (Wildman–Crippen MR) is 95.5 cm³/mol. The zero-order valence-corrected chi connectivity index (χ0v) is 15.7. The second kappa shape index (κ2) is 7.07. The lowest BCUT2D eigenvalue weighted by atomic mass is 9.49. The van der Waals surface area contributed by atoms with Crippen molar-refractivity contribution in [2.75, 3.05) is 0 Å². The number of aliphatic hydroxyl groups is 2. The Labute approximate surface area is 147 Å². The van der Waals surface area contributed by atoms with Gasteiger partial charge in [0.15, 0.2) is 0 Å². The van der Waals surface area contributed by atoms with Crippen molar-refractivity contribution < 1.29 is 15.0 Å². The number of carbonyl (C=O) groups excluding carboxylic acids is 1. The lowest BCUT2D eigenvalue weighted by Gasteiger charge is -2.57. The van der Waals surface area contributed by atoms with Crippen LogP contribution >= 0.6 is 0 Å². The molecule has 2 N–H and O–H groups in total. The standard InChI is InChI=1S/C21H36O3/c1-13-4-5-15(14(2)22)6-9-19(24)20-18(13)8-7-16-12-17(23)10-11-21(16,20)3/h13,15-20,23-24H,4-12H2,1-3H3/t13-,15-,16?,17-,18-,19-,20+,21-/m0/s1. The summed E-state index contributed by atoms with van der Waals surface area (Å²) in [6.07, 6.45) is 8.49. The summed E-state index contributed by atoms with van der Waals surface area (Å²) in [4.78, 5) is 11.9. The van der Waals surface area contributed by atoms with Gasteiger partial charge in [-0.15, -0.1) is 0 Å². The summed E-state index contributed by atoms with van der Waals surface area (Å²) in [6, 6.07) is 0. The first-order valence-electron chi connectivity index (χ1n) is 10.2. The number of ketones is 1. The zero-order chi connectivity index (χ0) is 17.5. The first-order valence-corrected chi connectivity index (χ1v) is 10.2. The van der Waals surface area contributed by atoms with Gasteiger partial charge in [-0.2, -0.15) is 0 Å². The molecular formula is C21H36O3. The quantitative estimate of drug-likeness (QED) is 0.762. The first kappa shape index (κ1) is 18.4. The molecule has 0 heterocycles. The van der Waals surface area contributed by atoms with Crippen molar-refractivity contribution in [3.63, 3.8) is 0 Å². The van der Waals surface area contributed by atoms with E-state index >= 15 is 0 Å². The summed E-state index contributed by atoms with van der Waals surface area (Å²) in [5, 5.41) is 21.3. The van der Waals surface area contributed by atoms with Gasteiger partial charge in [0, 0.05) is 5.92 Å². The van der Waals surface area contributed by atoms with Crippen molar-refractivity contribution in [2.24, 2.45) is 35.0 Å². The van der Waals surface area contributed by atoms with E-state index in [1.54, 1.807) is 6.92 Å². The molecule has 0 radical (unpaired) electrons. The van der Waals surface area contributed by atoms with E-state index in [2.05, 4.69) is 13.8 Å². The van der Waals surface area contributed by atoms with Gasteiger partial charge in [-0.05, 0) is 93.8 Å². The van der Waals surface area contributed by atoms with Crippen LogP contribution in [0.3, 0.4) is 0 Å². The monoisotopic (exact) mass is 336 g/mol. The van der Waals surface area contributed by atoms with Gasteiger partial charge in [0.1, 0.15) is 5.78 Å². The van der Waals surface area contributed by atoms with Crippen LogP contribution in [-0.2, 0) is 4.79 Å². The Hall–Kier alpha value is -0.410. The highest BCUT2D eigenvalue weighted by atomic mass is 16.3. The van der Waals surface area contributed by atoms with Crippen molar-refractivity contribution >= 4 is 5.78 Å². The average molecular weight is 337 g/mol. The molecule has 24 heavy (non-hydrogen) atoms. The molecule has 8 atom stereocenters. The maximum Gasteiger partial charge on any atom is 0.132 e. The Balaban J connectivity index is 1.87. The molecular weight excluding hydrogens is 300 g/mol. The third-order valence-corrected chi connectivity index (χ3v) is 8.08. The van der Waals surface area contributed by atoms with Gasteiger partial charge in [0.05, 0.1) is 12.2 Å². The SMILES string of the molecule is CC(=O)[C@H]1CC[C@H](C)[C@@H]2CCC3C[C@@H](O)CC[C@]3(C)[C@H]2[C@@H](O)CC1.